The Balaban J connectivity index is 3.05. The number of rotatable bonds is 5. The minimum Gasteiger partial charge on any atom is -0.478 e. The fourth-order valence-corrected chi connectivity index (χ4v) is 2.74. The zero-order valence-corrected chi connectivity index (χ0v) is 12.8. The number of carbonyl (C=O) groups is 2. The van der Waals surface area contributed by atoms with E-state index in [1.807, 2.05) is 0 Å². The second-order valence-electron chi connectivity index (χ2n) is 3.44. The minimum atomic E-state index is -3.92. The van der Waals surface area contributed by atoms with Crippen molar-refractivity contribution in [1.29, 1.82) is 0 Å². The van der Waals surface area contributed by atoms with Crippen LogP contribution in [0.1, 0.15) is 10.4 Å². The topological polar surface area (TPSA) is 113 Å². The number of aromatic carboxylic acids is 1. The van der Waals surface area contributed by atoms with Gasteiger partial charge < -0.3 is 10.4 Å². The fraction of sp³-hybridized carbons (Fsp3) is 0.200. The van der Waals surface area contributed by atoms with Crippen LogP contribution >= 0.6 is 22.6 Å². The number of carbonyl (C=O) groups excluding carboxylic acids is 1. The molecule has 0 fully saturated rings. The zero-order chi connectivity index (χ0) is 14.6. The monoisotopic (exact) mass is 398 g/mol. The number of sulfonamides is 1. The number of halogens is 1. The van der Waals surface area contributed by atoms with Crippen molar-refractivity contribution in [3.63, 3.8) is 0 Å². The summed E-state index contributed by atoms with van der Waals surface area (Å²) >= 11 is 1.80. The van der Waals surface area contributed by atoms with Crippen LogP contribution in [-0.2, 0) is 14.8 Å². The fourth-order valence-electron chi connectivity index (χ4n) is 1.17. The second-order valence-corrected chi connectivity index (χ2v) is 6.37. The standard InChI is InChI=1S/C10H11IN2O5S/c1-12-9(14)5-13-19(17,18)6-2-3-8(11)7(4-6)10(15)16/h2-4,13H,5H2,1H3,(H,12,14)(H,15,16). The van der Waals surface area contributed by atoms with Crippen LogP contribution in [0.25, 0.3) is 0 Å². The Morgan fingerprint density at radius 1 is 1.37 bits per heavy atom. The first-order valence-electron chi connectivity index (χ1n) is 5.01. The van der Waals surface area contributed by atoms with Crippen LogP contribution in [0.5, 0.6) is 0 Å². The van der Waals surface area contributed by atoms with Gasteiger partial charge in [-0.05, 0) is 40.8 Å². The Hall–Kier alpha value is -1.20. The molecule has 0 aromatic heterocycles. The Kier molecular flexibility index (Phi) is 5.26. The van der Waals surface area contributed by atoms with Crippen LogP contribution in [0.4, 0.5) is 0 Å². The van der Waals surface area contributed by atoms with Gasteiger partial charge in [0.05, 0.1) is 17.0 Å². The SMILES string of the molecule is CNC(=O)CNS(=O)(=O)c1ccc(I)c(C(=O)O)c1. The quantitative estimate of drug-likeness (QED) is 0.606. The van der Waals surface area contributed by atoms with Crippen molar-refractivity contribution in [2.45, 2.75) is 4.90 Å². The third-order valence-electron chi connectivity index (χ3n) is 2.18. The van der Waals surface area contributed by atoms with E-state index in [0.717, 1.165) is 6.07 Å². The number of likely N-dealkylation sites (N-methyl/N-ethyl adjacent to an activating group) is 1. The van der Waals surface area contributed by atoms with Crippen LogP contribution in [-0.4, -0.2) is 39.0 Å². The summed E-state index contributed by atoms with van der Waals surface area (Å²) in [7, 11) is -2.54. The number of amides is 1. The van der Waals surface area contributed by atoms with E-state index in [1.165, 1.54) is 19.2 Å². The minimum absolute atomic E-state index is 0.108. The number of hydrogen-bond donors (Lipinski definition) is 3. The lowest BCUT2D eigenvalue weighted by atomic mass is 10.2. The van der Waals surface area contributed by atoms with Gasteiger partial charge in [-0.25, -0.2) is 17.9 Å². The smallest absolute Gasteiger partial charge is 0.336 e. The number of benzene rings is 1. The van der Waals surface area contributed by atoms with Gasteiger partial charge in [-0.15, -0.1) is 0 Å². The summed E-state index contributed by atoms with van der Waals surface area (Å²) in [6.07, 6.45) is 0. The van der Waals surface area contributed by atoms with Gasteiger partial charge in [0.1, 0.15) is 0 Å². The molecular weight excluding hydrogens is 387 g/mol. The van der Waals surface area contributed by atoms with Gasteiger partial charge >= 0.3 is 5.97 Å². The van der Waals surface area contributed by atoms with Crippen LogP contribution in [0.15, 0.2) is 23.1 Å². The summed E-state index contributed by atoms with van der Waals surface area (Å²) in [6, 6.07) is 3.72. The molecule has 1 aromatic carbocycles. The third kappa shape index (κ3) is 4.14. The summed E-state index contributed by atoms with van der Waals surface area (Å²) in [4.78, 5) is 21.7. The highest BCUT2D eigenvalue weighted by atomic mass is 127. The highest BCUT2D eigenvalue weighted by Crippen LogP contribution is 2.17. The molecule has 0 spiro atoms. The number of hydrogen-bond acceptors (Lipinski definition) is 4. The molecule has 0 aliphatic heterocycles. The van der Waals surface area contributed by atoms with E-state index in [4.69, 9.17) is 5.11 Å². The maximum absolute atomic E-state index is 11.9. The predicted molar refractivity (Wildman–Crippen MR) is 75.4 cm³/mol. The molecule has 19 heavy (non-hydrogen) atoms. The van der Waals surface area contributed by atoms with Crippen LogP contribution in [0.2, 0.25) is 0 Å². The first-order chi connectivity index (χ1) is 8.77. The molecule has 0 atom stereocenters. The molecule has 0 heterocycles. The second kappa shape index (κ2) is 6.30. The average Bonchev–Trinajstić information content (AvgIpc) is 2.35. The summed E-state index contributed by atoms with van der Waals surface area (Å²) < 4.78 is 26.2. The van der Waals surface area contributed by atoms with Gasteiger partial charge in [-0.2, -0.15) is 0 Å². The first-order valence-corrected chi connectivity index (χ1v) is 7.57. The van der Waals surface area contributed by atoms with E-state index in [9.17, 15) is 18.0 Å². The van der Waals surface area contributed by atoms with E-state index in [1.54, 1.807) is 22.6 Å². The third-order valence-corrected chi connectivity index (χ3v) is 4.52. The van der Waals surface area contributed by atoms with E-state index in [-0.39, 0.29) is 10.5 Å². The van der Waals surface area contributed by atoms with Gasteiger partial charge in [0.2, 0.25) is 15.9 Å². The summed E-state index contributed by atoms with van der Waals surface area (Å²) in [5, 5.41) is 11.2. The molecule has 0 aliphatic rings. The number of carboxylic acid groups (broad SMARTS) is 1. The average molecular weight is 398 g/mol. The number of nitrogens with one attached hydrogen (secondary N) is 2. The van der Waals surface area contributed by atoms with Crippen molar-refractivity contribution in [2.24, 2.45) is 0 Å². The van der Waals surface area contributed by atoms with Crippen molar-refractivity contribution in [3.8, 4) is 0 Å². The van der Waals surface area contributed by atoms with Gasteiger partial charge in [0.25, 0.3) is 0 Å². The van der Waals surface area contributed by atoms with Crippen molar-refractivity contribution in [3.05, 3.63) is 27.3 Å². The van der Waals surface area contributed by atoms with Crippen molar-refractivity contribution < 1.29 is 23.1 Å². The molecule has 0 aliphatic carbocycles. The highest BCUT2D eigenvalue weighted by molar-refractivity contribution is 14.1. The van der Waals surface area contributed by atoms with Crippen molar-refractivity contribution in [2.75, 3.05) is 13.6 Å². The zero-order valence-electron chi connectivity index (χ0n) is 9.81. The maximum Gasteiger partial charge on any atom is 0.336 e. The van der Waals surface area contributed by atoms with Crippen molar-refractivity contribution >= 4 is 44.5 Å². The molecule has 7 nitrogen and oxygen atoms in total. The summed E-state index contributed by atoms with van der Waals surface area (Å²) in [5.41, 5.74) is -0.108. The van der Waals surface area contributed by atoms with Crippen LogP contribution in [0, 0.1) is 3.57 Å². The molecule has 1 amide bonds. The first kappa shape index (κ1) is 15.9. The summed E-state index contributed by atoms with van der Waals surface area (Å²) in [5.74, 6) is -1.71. The lowest BCUT2D eigenvalue weighted by molar-refractivity contribution is -0.119. The molecule has 9 heteroatoms. The maximum atomic E-state index is 11.9. The molecule has 104 valence electrons. The van der Waals surface area contributed by atoms with Gasteiger partial charge in [-0.1, -0.05) is 0 Å². The van der Waals surface area contributed by atoms with E-state index < -0.39 is 28.4 Å². The lowest BCUT2D eigenvalue weighted by Gasteiger charge is -2.07. The molecule has 0 bridgehead atoms. The molecule has 0 saturated heterocycles. The highest BCUT2D eigenvalue weighted by Gasteiger charge is 2.18. The van der Waals surface area contributed by atoms with Gasteiger partial charge in [0, 0.05) is 10.6 Å². The number of carboxylic acids is 1. The molecular formula is C10H11IN2O5S. The summed E-state index contributed by atoms with van der Waals surface area (Å²) in [6.45, 7) is -0.409. The van der Waals surface area contributed by atoms with Crippen LogP contribution in [0.3, 0.4) is 0 Å². The van der Waals surface area contributed by atoms with Gasteiger partial charge in [0.15, 0.2) is 0 Å². The van der Waals surface area contributed by atoms with E-state index >= 15 is 0 Å². The molecule has 3 N–H and O–H groups in total. The predicted octanol–water partition coefficient (Wildman–Crippen LogP) is 0.0137. The van der Waals surface area contributed by atoms with Crippen molar-refractivity contribution in [1.82, 2.24) is 10.0 Å². The van der Waals surface area contributed by atoms with E-state index in [2.05, 4.69) is 10.0 Å². The Morgan fingerprint density at radius 3 is 2.53 bits per heavy atom. The van der Waals surface area contributed by atoms with Gasteiger partial charge in [-0.3, -0.25) is 4.79 Å². The van der Waals surface area contributed by atoms with E-state index in [0.29, 0.717) is 3.57 Å². The molecule has 1 rings (SSSR count). The molecule has 0 saturated carbocycles. The Morgan fingerprint density at radius 2 is 2.00 bits per heavy atom. The van der Waals surface area contributed by atoms with Crippen LogP contribution < -0.4 is 10.0 Å². The normalized spacial score (nSPS) is 11.1. The molecule has 0 radical (unpaired) electrons. The molecule has 0 unspecified atom stereocenters. The molecule has 1 aromatic rings. The Labute approximate surface area is 123 Å². The Bertz CT molecular complexity index is 614. The largest absolute Gasteiger partial charge is 0.478 e. The lowest BCUT2D eigenvalue weighted by Crippen LogP contribution is -2.35.